The Morgan fingerprint density at radius 1 is 1.36 bits per heavy atom. The second kappa shape index (κ2) is 5.57. The maximum Gasteiger partial charge on any atom is 0.150 e. The molecule has 0 radical (unpaired) electrons. The Hall–Kier alpha value is -2.14. The molecule has 1 aliphatic heterocycles. The fraction of sp³-hybridized carbons (Fsp3) is 0.412. The molecule has 3 aromatic rings. The van der Waals surface area contributed by atoms with Crippen LogP contribution in [-0.2, 0) is 25.9 Å². The molecule has 5 heteroatoms. The predicted molar refractivity (Wildman–Crippen MR) is 84.6 cm³/mol. The number of hydrogen-bond donors (Lipinski definition) is 1. The lowest BCUT2D eigenvalue weighted by molar-refractivity contribution is 0.346. The third-order valence-electron chi connectivity index (χ3n) is 4.26. The molecule has 4 rings (SSSR count). The van der Waals surface area contributed by atoms with Crippen molar-refractivity contribution in [3.05, 3.63) is 47.7 Å². The van der Waals surface area contributed by atoms with Crippen LogP contribution < -0.4 is 5.32 Å². The van der Waals surface area contributed by atoms with Gasteiger partial charge in [0.25, 0.3) is 0 Å². The van der Waals surface area contributed by atoms with Crippen LogP contribution in [0.4, 0.5) is 0 Å². The van der Waals surface area contributed by atoms with Crippen molar-refractivity contribution in [3.8, 4) is 0 Å². The molecule has 2 aromatic heterocycles. The maximum absolute atomic E-state index is 5.85. The van der Waals surface area contributed by atoms with E-state index in [1.807, 2.05) is 18.2 Å². The second-order valence-electron chi connectivity index (χ2n) is 5.85. The van der Waals surface area contributed by atoms with Gasteiger partial charge in [-0.2, -0.15) is 5.10 Å². The highest BCUT2D eigenvalue weighted by molar-refractivity contribution is 5.77. The van der Waals surface area contributed by atoms with Crippen molar-refractivity contribution >= 4 is 11.0 Å². The van der Waals surface area contributed by atoms with Gasteiger partial charge in [0.1, 0.15) is 17.2 Å². The second-order valence-corrected chi connectivity index (χ2v) is 5.85. The Labute approximate surface area is 129 Å². The van der Waals surface area contributed by atoms with E-state index in [0.717, 1.165) is 60.7 Å². The zero-order chi connectivity index (χ0) is 14.9. The number of furan rings is 1. The van der Waals surface area contributed by atoms with Crippen molar-refractivity contribution in [3.63, 3.8) is 0 Å². The zero-order valence-electron chi connectivity index (χ0n) is 12.7. The minimum absolute atomic E-state index is 0.423. The fourth-order valence-electron chi connectivity index (χ4n) is 3.05. The molecule has 1 aromatic carbocycles. The van der Waals surface area contributed by atoms with Crippen molar-refractivity contribution in [2.45, 2.75) is 45.3 Å². The standard InChI is InChI=1S/C17H20N4O/c1-2-16-19-17-8-7-13(11-21(17)20-16)18-10-14-9-12-5-3-4-6-15(12)22-14/h3-6,9,13,18H,2,7-8,10-11H2,1H3/t13-/m0/s1. The summed E-state index contributed by atoms with van der Waals surface area (Å²) in [5, 5.41) is 9.30. The normalized spacial score (nSPS) is 17.8. The molecule has 5 nitrogen and oxygen atoms in total. The van der Waals surface area contributed by atoms with Crippen LogP contribution in [0.1, 0.15) is 30.8 Å². The first-order valence-corrected chi connectivity index (χ1v) is 7.95. The first-order valence-electron chi connectivity index (χ1n) is 7.95. The molecule has 0 fully saturated rings. The number of nitrogens with one attached hydrogen (secondary N) is 1. The number of rotatable bonds is 4. The van der Waals surface area contributed by atoms with Crippen LogP contribution in [0, 0.1) is 0 Å². The molecular formula is C17H20N4O. The zero-order valence-corrected chi connectivity index (χ0v) is 12.7. The summed E-state index contributed by atoms with van der Waals surface area (Å²) in [4.78, 5) is 4.56. The Kier molecular flexibility index (Phi) is 3.42. The van der Waals surface area contributed by atoms with Crippen molar-refractivity contribution in [1.82, 2.24) is 20.1 Å². The van der Waals surface area contributed by atoms with Gasteiger partial charge in [-0.25, -0.2) is 9.67 Å². The van der Waals surface area contributed by atoms with Crippen molar-refractivity contribution < 1.29 is 4.42 Å². The molecule has 1 atom stereocenters. The number of hydrogen-bond acceptors (Lipinski definition) is 4. The molecule has 0 bridgehead atoms. The lowest BCUT2D eigenvalue weighted by atomic mass is 10.1. The van der Waals surface area contributed by atoms with Gasteiger partial charge in [-0.05, 0) is 18.6 Å². The van der Waals surface area contributed by atoms with Gasteiger partial charge in [-0.3, -0.25) is 0 Å². The molecule has 0 saturated heterocycles. The number of aromatic nitrogens is 3. The summed E-state index contributed by atoms with van der Waals surface area (Å²) in [6, 6.07) is 10.7. The Bertz CT molecular complexity index is 756. The molecule has 0 spiro atoms. The molecule has 1 aliphatic rings. The fourth-order valence-corrected chi connectivity index (χ4v) is 3.05. The van der Waals surface area contributed by atoms with Crippen LogP contribution >= 0.6 is 0 Å². The summed E-state index contributed by atoms with van der Waals surface area (Å²) in [6.07, 6.45) is 2.99. The summed E-state index contributed by atoms with van der Waals surface area (Å²) in [5.41, 5.74) is 0.953. The van der Waals surface area contributed by atoms with Crippen LogP contribution in [0.15, 0.2) is 34.7 Å². The van der Waals surface area contributed by atoms with E-state index in [1.54, 1.807) is 0 Å². The van der Waals surface area contributed by atoms with E-state index in [0.29, 0.717) is 6.04 Å². The van der Waals surface area contributed by atoms with E-state index in [1.165, 1.54) is 0 Å². The van der Waals surface area contributed by atoms with Crippen LogP contribution in [0.2, 0.25) is 0 Å². The highest BCUT2D eigenvalue weighted by atomic mass is 16.3. The third kappa shape index (κ3) is 2.52. The molecule has 3 heterocycles. The molecule has 1 N–H and O–H groups in total. The molecule has 0 unspecified atom stereocenters. The summed E-state index contributed by atoms with van der Waals surface area (Å²) in [7, 11) is 0. The summed E-state index contributed by atoms with van der Waals surface area (Å²) in [6.45, 7) is 3.74. The van der Waals surface area contributed by atoms with Crippen LogP contribution in [0.3, 0.4) is 0 Å². The Morgan fingerprint density at radius 3 is 3.14 bits per heavy atom. The van der Waals surface area contributed by atoms with E-state index in [4.69, 9.17) is 4.42 Å². The van der Waals surface area contributed by atoms with E-state index in [2.05, 4.69) is 39.1 Å². The minimum Gasteiger partial charge on any atom is -0.460 e. The highest BCUT2D eigenvalue weighted by Crippen LogP contribution is 2.19. The molecule has 114 valence electrons. The molecule has 0 amide bonds. The van der Waals surface area contributed by atoms with E-state index in [-0.39, 0.29) is 0 Å². The van der Waals surface area contributed by atoms with E-state index >= 15 is 0 Å². The first-order chi connectivity index (χ1) is 10.8. The molecule has 0 saturated carbocycles. The van der Waals surface area contributed by atoms with Gasteiger partial charge in [0.2, 0.25) is 0 Å². The number of benzene rings is 1. The highest BCUT2D eigenvalue weighted by Gasteiger charge is 2.21. The van der Waals surface area contributed by atoms with Crippen molar-refractivity contribution in [2.75, 3.05) is 0 Å². The largest absolute Gasteiger partial charge is 0.460 e. The van der Waals surface area contributed by atoms with Gasteiger partial charge in [-0.15, -0.1) is 0 Å². The van der Waals surface area contributed by atoms with Crippen LogP contribution in [0.5, 0.6) is 0 Å². The number of nitrogens with zero attached hydrogens (tertiary/aromatic N) is 3. The van der Waals surface area contributed by atoms with E-state index < -0.39 is 0 Å². The monoisotopic (exact) mass is 296 g/mol. The predicted octanol–water partition coefficient (Wildman–Crippen LogP) is 2.69. The van der Waals surface area contributed by atoms with Gasteiger partial charge in [-0.1, -0.05) is 25.1 Å². The SMILES string of the molecule is CCc1nc2n(n1)C[C@@H](NCc1cc3ccccc3o1)CC2. The first kappa shape index (κ1) is 13.5. The lowest BCUT2D eigenvalue weighted by Crippen LogP contribution is -2.37. The van der Waals surface area contributed by atoms with E-state index in [9.17, 15) is 0 Å². The molecule has 22 heavy (non-hydrogen) atoms. The third-order valence-corrected chi connectivity index (χ3v) is 4.26. The number of para-hydroxylation sites is 1. The van der Waals surface area contributed by atoms with Crippen LogP contribution in [-0.4, -0.2) is 20.8 Å². The van der Waals surface area contributed by atoms with Crippen molar-refractivity contribution in [2.24, 2.45) is 0 Å². The quantitative estimate of drug-likeness (QED) is 0.804. The number of fused-ring (bicyclic) bond motifs is 2. The van der Waals surface area contributed by atoms with Gasteiger partial charge in [0.05, 0.1) is 13.1 Å². The lowest BCUT2D eigenvalue weighted by Gasteiger charge is -2.23. The van der Waals surface area contributed by atoms with Gasteiger partial charge < -0.3 is 9.73 Å². The van der Waals surface area contributed by atoms with Gasteiger partial charge in [0.15, 0.2) is 5.82 Å². The van der Waals surface area contributed by atoms with Crippen molar-refractivity contribution in [1.29, 1.82) is 0 Å². The Morgan fingerprint density at radius 2 is 2.27 bits per heavy atom. The minimum atomic E-state index is 0.423. The molecular weight excluding hydrogens is 276 g/mol. The summed E-state index contributed by atoms with van der Waals surface area (Å²) >= 11 is 0. The van der Waals surface area contributed by atoms with Crippen LogP contribution in [0.25, 0.3) is 11.0 Å². The Balaban J connectivity index is 1.42. The average Bonchev–Trinajstić information content (AvgIpc) is 3.15. The van der Waals surface area contributed by atoms with Gasteiger partial charge >= 0.3 is 0 Å². The summed E-state index contributed by atoms with van der Waals surface area (Å²) in [5.74, 6) is 3.06. The molecule has 0 aliphatic carbocycles. The average molecular weight is 296 g/mol. The maximum atomic E-state index is 5.85. The smallest absolute Gasteiger partial charge is 0.150 e. The van der Waals surface area contributed by atoms with Gasteiger partial charge in [0, 0.05) is 24.3 Å². The summed E-state index contributed by atoms with van der Waals surface area (Å²) < 4.78 is 7.91. The topological polar surface area (TPSA) is 55.9 Å². The number of aryl methyl sites for hydroxylation is 2.